The van der Waals surface area contributed by atoms with E-state index in [0.717, 1.165) is 19.3 Å². The third-order valence-corrected chi connectivity index (χ3v) is 3.52. The lowest BCUT2D eigenvalue weighted by atomic mass is 9.76. The monoisotopic (exact) mass is 256 g/mol. The molecule has 4 heteroatoms. The van der Waals surface area contributed by atoms with E-state index in [0.29, 0.717) is 12.5 Å². The minimum absolute atomic E-state index is 0.0514. The molecule has 1 rings (SSSR count). The van der Waals surface area contributed by atoms with Crippen LogP contribution < -0.4 is 11.1 Å². The summed E-state index contributed by atoms with van der Waals surface area (Å²) in [7, 11) is 0. The van der Waals surface area contributed by atoms with Gasteiger partial charge < -0.3 is 15.8 Å². The van der Waals surface area contributed by atoms with Crippen LogP contribution in [0.2, 0.25) is 0 Å². The van der Waals surface area contributed by atoms with E-state index in [-0.39, 0.29) is 23.7 Å². The Balaban J connectivity index is 2.49. The first-order valence-corrected chi connectivity index (χ1v) is 6.91. The van der Waals surface area contributed by atoms with E-state index in [2.05, 4.69) is 12.2 Å². The molecule has 0 aliphatic heterocycles. The van der Waals surface area contributed by atoms with E-state index in [4.69, 9.17) is 10.5 Å². The van der Waals surface area contributed by atoms with Gasteiger partial charge in [-0.3, -0.25) is 4.79 Å². The minimum Gasteiger partial charge on any atom is -0.366 e. The van der Waals surface area contributed by atoms with Crippen LogP contribution in [-0.4, -0.2) is 30.2 Å². The maximum absolute atomic E-state index is 11.9. The number of carbonyl (C=O) groups excluding carboxylic acids is 1. The van der Waals surface area contributed by atoms with Crippen molar-refractivity contribution in [2.45, 2.75) is 64.5 Å². The molecular weight excluding hydrogens is 228 g/mol. The quantitative estimate of drug-likeness (QED) is 0.806. The van der Waals surface area contributed by atoms with Crippen molar-refractivity contribution in [1.82, 2.24) is 5.32 Å². The number of amides is 1. The van der Waals surface area contributed by atoms with Crippen molar-refractivity contribution < 1.29 is 9.53 Å². The van der Waals surface area contributed by atoms with Crippen molar-refractivity contribution in [1.29, 1.82) is 0 Å². The zero-order valence-corrected chi connectivity index (χ0v) is 12.2. The van der Waals surface area contributed by atoms with Crippen LogP contribution in [0.15, 0.2) is 0 Å². The highest BCUT2D eigenvalue weighted by Gasteiger charge is 2.35. The Hall–Kier alpha value is -0.610. The lowest BCUT2D eigenvalue weighted by molar-refractivity contribution is -0.133. The summed E-state index contributed by atoms with van der Waals surface area (Å²) in [6.45, 7) is 8.69. The van der Waals surface area contributed by atoms with Gasteiger partial charge in [-0.05, 0) is 39.5 Å². The van der Waals surface area contributed by atoms with Gasteiger partial charge in [-0.15, -0.1) is 0 Å². The number of nitrogens with two attached hydrogens (primary N) is 1. The topological polar surface area (TPSA) is 64.3 Å². The maximum Gasteiger partial charge on any atom is 0.246 e. The van der Waals surface area contributed by atoms with Crippen LogP contribution in [0, 0.1) is 5.92 Å². The lowest BCUT2D eigenvalue weighted by Gasteiger charge is -2.40. The first kappa shape index (κ1) is 15.4. The highest BCUT2D eigenvalue weighted by molar-refractivity contribution is 5.78. The maximum atomic E-state index is 11.9. The van der Waals surface area contributed by atoms with Crippen LogP contribution in [0.4, 0.5) is 0 Å². The molecule has 0 spiro atoms. The Bertz CT molecular complexity index is 286. The zero-order valence-electron chi connectivity index (χ0n) is 12.2. The number of hydrogen-bond donors (Lipinski definition) is 2. The molecule has 0 aromatic rings. The molecule has 1 amide bonds. The van der Waals surface area contributed by atoms with E-state index in [1.54, 1.807) is 0 Å². The Morgan fingerprint density at radius 3 is 2.67 bits per heavy atom. The number of rotatable bonds is 4. The summed E-state index contributed by atoms with van der Waals surface area (Å²) in [6, 6.07) is 0. The molecule has 0 bridgehead atoms. The van der Waals surface area contributed by atoms with Crippen molar-refractivity contribution in [2.24, 2.45) is 11.7 Å². The van der Waals surface area contributed by atoms with Gasteiger partial charge >= 0.3 is 0 Å². The van der Waals surface area contributed by atoms with Gasteiger partial charge in [0.05, 0.1) is 11.1 Å². The van der Waals surface area contributed by atoms with Crippen LogP contribution in [0.1, 0.15) is 53.4 Å². The largest absolute Gasteiger partial charge is 0.366 e. The smallest absolute Gasteiger partial charge is 0.246 e. The minimum atomic E-state index is -0.285. The van der Waals surface area contributed by atoms with Crippen LogP contribution in [0.3, 0.4) is 0 Å². The van der Waals surface area contributed by atoms with Crippen molar-refractivity contribution in [3.63, 3.8) is 0 Å². The van der Waals surface area contributed by atoms with Crippen molar-refractivity contribution >= 4 is 5.91 Å². The molecule has 0 aromatic heterocycles. The van der Waals surface area contributed by atoms with Gasteiger partial charge in [0.2, 0.25) is 5.91 Å². The predicted octanol–water partition coefficient (Wildman–Crippen LogP) is 1.83. The summed E-state index contributed by atoms with van der Waals surface area (Å²) in [4.78, 5) is 11.9. The first-order chi connectivity index (χ1) is 8.26. The normalized spacial score (nSPS) is 29.1. The molecule has 0 radical (unpaired) electrons. The fraction of sp³-hybridized carbons (Fsp3) is 0.929. The molecule has 1 saturated carbocycles. The summed E-state index contributed by atoms with van der Waals surface area (Å²) in [5, 5.41) is 3.10. The molecule has 3 N–H and O–H groups in total. The van der Waals surface area contributed by atoms with Crippen LogP contribution in [0.25, 0.3) is 0 Å². The third kappa shape index (κ3) is 4.94. The predicted molar refractivity (Wildman–Crippen MR) is 73.3 cm³/mol. The van der Waals surface area contributed by atoms with E-state index in [1.165, 1.54) is 6.42 Å². The summed E-state index contributed by atoms with van der Waals surface area (Å²) in [5.41, 5.74) is 5.38. The van der Waals surface area contributed by atoms with Gasteiger partial charge in [-0.1, -0.05) is 19.8 Å². The van der Waals surface area contributed by atoms with Gasteiger partial charge in [0.25, 0.3) is 0 Å². The summed E-state index contributed by atoms with van der Waals surface area (Å²) < 4.78 is 5.50. The lowest BCUT2D eigenvalue weighted by Crippen LogP contribution is -2.57. The van der Waals surface area contributed by atoms with Crippen LogP contribution in [0.5, 0.6) is 0 Å². The fourth-order valence-electron chi connectivity index (χ4n) is 2.62. The average Bonchev–Trinajstić information content (AvgIpc) is 2.25. The van der Waals surface area contributed by atoms with Crippen molar-refractivity contribution in [3.8, 4) is 0 Å². The Morgan fingerprint density at radius 2 is 2.17 bits per heavy atom. The second-order valence-corrected chi connectivity index (χ2v) is 6.64. The molecular formula is C14H28N2O2. The first-order valence-electron chi connectivity index (χ1n) is 6.91. The number of hydrogen-bond acceptors (Lipinski definition) is 3. The fourth-order valence-corrected chi connectivity index (χ4v) is 2.62. The molecule has 1 aliphatic rings. The standard InChI is InChI=1S/C14H28N2O2/c1-11-6-5-7-14(8-11,10-15)16-12(17)9-18-13(2,3)4/h11H,5-10,15H2,1-4H3,(H,16,17). The molecule has 0 heterocycles. The molecule has 1 aliphatic carbocycles. The molecule has 18 heavy (non-hydrogen) atoms. The van der Waals surface area contributed by atoms with Crippen LogP contribution >= 0.6 is 0 Å². The summed E-state index contributed by atoms with van der Waals surface area (Å²) >= 11 is 0. The van der Waals surface area contributed by atoms with Gasteiger partial charge in [0.15, 0.2) is 0 Å². The third-order valence-electron chi connectivity index (χ3n) is 3.52. The molecule has 1 fully saturated rings. The second-order valence-electron chi connectivity index (χ2n) is 6.64. The number of nitrogens with one attached hydrogen (secondary N) is 1. The highest BCUT2D eigenvalue weighted by atomic mass is 16.5. The van der Waals surface area contributed by atoms with Crippen molar-refractivity contribution in [3.05, 3.63) is 0 Å². The average molecular weight is 256 g/mol. The molecule has 106 valence electrons. The Labute approximate surface area is 111 Å². The van der Waals surface area contributed by atoms with Crippen LogP contribution in [-0.2, 0) is 9.53 Å². The van der Waals surface area contributed by atoms with E-state index >= 15 is 0 Å². The van der Waals surface area contributed by atoms with E-state index in [9.17, 15) is 4.79 Å². The molecule has 0 aromatic carbocycles. The Morgan fingerprint density at radius 1 is 1.50 bits per heavy atom. The molecule has 2 atom stereocenters. The number of carbonyl (C=O) groups is 1. The van der Waals surface area contributed by atoms with Gasteiger partial charge in [-0.2, -0.15) is 0 Å². The molecule has 4 nitrogen and oxygen atoms in total. The zero-order chi connectivity index (χ0) is 13.8. The number of ether oxygens (including phenoxy) is 1. The van der Waals surface area contributed by atoms with Gasteiger partial charge in [0.1, 0.15) is 6.61 Å². The second kappa shape index (κ2) is 6.02. The Kier molecular flexibility index (Phi) is 5.17. The molecule has 0 saturated heterocycles. The summed E-state index contributed by atoms with van der Waals surface area (Å²) in [5.74, 6) is 0.579. The van der Waals surface area contributed by atoms with Gasteiger partial charge in [-0.25, -0.2) is 0 Å². The molecule has 2 unspecified atom stereocenters. The SMILES string of the molecule is CC1CCCC(CN)(NC(=O)COC(C)(C)C)C1. The van der Waals surface area contributed by atoms with Crippen molar-refractivity contribution in [2.75, 3.05) is 13.2 Å². The van der Waals surface area contributed by atoms with Gasteiger partial charge in [0, 0.05) is 6.54 Å². The summed E-state index contributed by atoms with van der Waals surface area (Å²) in [6.07, 6.45) is 4.33. The highest BCUT2D eigenvalue weighted by Crippen LogP contribution is 2.31. The van der Waals surface area contributed by atoms with E-state index < -0.39 is 0 Å². The van der Waals surface area contributed by atoms with E-state index in [1.807, 2.05) is 20.8 Å².